The van der Waals surface area contributed by atoms with Crippen LogP contribution in [0, 0.1) is 18.8 Å². The smallest absolute Gasteiger partial charge is 0.113 e. The summed E-state index contributed by atoms with van der Waals surface area (Å²) >= 11 is 4.06. The summed E-state index contributed by atoms with van der Waals surface area (Å²) < 4.78 is 0. The lowest BCUT2D eigenvalue weighted by atomic mass is 10.2. The molecule has 0 fully saturated rings. The fourth-order valence-corrected chi connectivity index (χ4v) is 0.925. The molecule has 1 heterocycles. The summed E-state index contributed by atoms with van der Waals surface area (Å²) in [5, 5.41) is 0. The first-order valence-corrected chi connectivity index (χ1v) is 4.48. The first-order chi connectivity index (χ1) is 5.83. The lowest BCUT2D eigenvalue weighted by Gasteiger charge is -1.90. The van der Waals surface area contributed by atoms with Gasteiger partial charge in [-0.1, -0.05) is 5.92 Å². The molecule has 1 nitrogen and oxygen atoms in total. The Kier molecular flexibility index (Phi) is 3.69. The Morgan fingerprint density at radius 3 is 3.08 bits per heavy atom. The largest absolute Gasteiger partial charge is 0.248 e. The van der Waals surface area contributed by atoms with E-state index >= 15 is 0 Å². The molecule has 0 amide bonds. The molecule has 0 unspecified atom stereocenters. The highest BCUT2D eigenvalue weighted by atomic mass is 32.1. The van der Waals surface area contributed by atoms with Crippen LogP contribution in [0.3, 0.4) is 0 Å². The topological polar surface area (TPSA) is 12.9 Å². The minimum atomic E-state index is 0.804. The fraction of sp³-hybridized carbons (Fsp3) is 0.300. The molecule has 0 radical (unpaired) electrons. The highest BCUT2D eigenvalue weighted by molar-refractivity contribution is 7.80. The van der Waals surface area contributed by atoms with E-state index in [0.717, 1.165) is 17.9 Å². The zero-order valence-corrected chi connectivity index (χ0v) is 7.94. The Bertz CT molecular complexity index is 309. The van der Waals surface area contributed by atoms with Crippen molar-refractivity contribution in [3.63, 3.8) is 0 Å². The van der Waals surface area contributed by atoms with Crippen molar-refractivity contribution < 1.29 is 0 Å². The summed E-state index contributed by atoms with van der Waals surface area (Å²) in [6.45, 7) is 2.03. The second-order valence-electron chi connectivity index (χ2n) is 2.49. The number of aromatic nitrogens is 1. The first kappa shape index (κ1) is 9.15. The van der Waals surface area contributed by atoms with Crippen LogP contribution < -0.4 is 0 Å². The van der Waals surface area contributed by atoms with Crippen LogP contribution in [0.2, 0.25) is 0 Å². The molecule has 0 spiro atoms. The molecule has 0 aliphatic heterocycles. The summed E-state index contributed by atoms with van der Waals surface area (Å²) in [6.07, 6.45) is 2.60. The summed E-state index contributed by atoms with van der Waals surface area (Å²) in [4.78, 5) is 4.11. The molecular weight excluding hydrogens is 166 g/mol. The van der Waals surface area contributed by atoms with Gasteiger partial charge in [-0.2, -0.15) is 12.6 Å². The Morgan fingerprint density at radius 2 is 2.42 bits per heavy atom. The number of hydrogen-bond acceptors (Lipinski definition) is 2. The number of nitrogens with zero attached hydrogens (tertiary/aromatic N) is 1. The van der Waals surface area contributed by atoms with Gasteiger partial charge < -0.3 is 0 Å². The van der Waals surface area contributed by atoms with Gasteiger partial charge in [0.15, 0.2) is 0 Å². The average molecular weight is 177 g/mol. The van der Waals surface area contributed by atoms with E-state index in [1.165, 1.54) is 5.56 Å². The van der Waals surface area contributed by atoms with Gasteiger partial charge in [-0.3, -0.25) is 0 Å². The van der Waals surface area contributed by atoms with Crippen molar-refractivity contribution in [2.75, 3.05) is 5.75 Å². The van der Waals surface area contributed by atoms with Gasteiger partial charge in [0.1, 0.15) is 5.69 Å². The van der Waals surface area contributed by atoms with Crippen molar-refractivity contribution in [1.82, 2.24) is 4.98 Å². The standard InChI is InChI=1S/C10H11NS/c1-9-5-6-11-10(8-9)4-2-3-7-12/h5-6,8,12H,3,7H2,1H3. The van der Waals surface area contributed by atoms with E-state index in [2.05, 4.69) is 29.5 Å². The Morgan fingerprint density at radius 1 is 1.58 bits per heavy atom. The molecule has 0 saturated heterocycles. The van der Waals surface area contributed by atoms with Gasteiger partial charge in [0, 0.05) is 18.4 Å². The van der Waals surface area contributed by atoms with Crippen LogP contribution in [0.15, 0.2) is 18.3 Å². The number of thiol groups is 1. The molecule has 0 N–H and O–H groups in total. The van der Waals surface area contributed by atoms with Gasteiger partial charge >= 0.3 is 0 Å². The van der Waals surface area contributed by atoms with Gasteiger partial charge in [0.25, 0.3) is 0 Å². The van der Waals surface area contributed by atoms with E-state index < -0.39 is 0 Å². The molecule has 1 aromatic rings. The van der Waals surface area contributed by atoms with Crippen molar-refractivity contribution >= 4 is 12.6 Å². The molecule has 0 atom stereocenters. The highest BCUT2D eigenvalue weighted by Gasteiger charge is 1.86. The van der Waals surface area contributed by atoms with E-state index in [1.807, 2.05) is 19.1 Å². The zero-order chi connectivity index (χ0) is 8.81. The normalized spacial score (nSPS) is 8.83. The van der Waals surface area contributed by atoms with E-state index in [9.17, 15) is 0 Å². The monoisotopic (exact) mass is 177 g/mol. The van der Waals surface area contributed by atoms with Crippen LogP contribution in [0.5, 0.6) is 0 Å². The van der Waals surface area contributed by atoms with Crippen molar-refractivity contribution in [2.45, 2.75) is 13.3 Å². The second kappa shape index (κ2) is 4.84. The third kappa shape index (κ3) is 2.98. The van der Waals surface area contributed by atoms with E-state index in [-0.39, 0.29) is 0 Å². The van der Waals surface area contributed by atoms with Crippen molar-refractivity contribution in [3.05, 3.63) is 29.6 Å². The molecule has 0 saturated carbocycles. The quantitative estimate of drug-likeness (QED) is 0.512. The number of rotatable bonds is 1. The predicted molar refractivity (Wildman–Crippen MR) is 54.3 cm³/mol. The maximum absolute atomic E-state index is 4.11. The SMILES string of the molecule is Cc1ccnc(C#CCCS)c1. The van der Waals surface area contributed by atoms with Crippen molar-refractivity contribution in [1.29, 1.82) is 0 Å². The molecular formula is C10H11NS. The Hall–Kier alpha value is -0.940. The number of pyridine rings is 1. The second-order valence-corrected chi connectivity index (χ2v) is 2.94. The lowest BCUT2D eigenvalue weighted by molar-refractivity contribution is 1.24. The molecule has 0 aliphatic rings. The van der Waals surface area contributed by atoms with Crippen LogP contribution in [-0.4, -0.2) is 10.7 Å². The third-order valence-corrected chi connectivity index (χ3v) is 1.59. The third-order valence-electron chi connectivity index (χ3n) is 1.37. The summed E-state index contributed by atoms with van der Waals surface area (Å²) in [5.74, 6) is 6.77. The van der Waals surface area contributed by atoms with E-state index in [1.54, 1.807) is 6.20 Å². The summed E-state index contributed by atoms with van der Waals surface area (Å²) in [6, 6.07) is 3.94. The Labute approximate surface area is 78.6 Å². The van der Waals surface area contributed by atoms with Crippen molar-refractivity contribution in [2.24, 2.45) is 0 Å². The number of aryl methyl sites for hydroxylation is 1. The highest BCUT2D eigenvalue weighted by Crippen LogP contribution is 1.97. The van der Waals surface area contributed by atoms with Crippen LogP contribution in [0.4, 0.5) is 0 Å². The van der Waals surface area contributed by atoms with Gasteiger partial charge in [-0.25, -0.2) is 4.98 Å². The van der Waals surface area contributed by atoms with Gasteiger partial charge in [-0.05, 0) is 30.5 Å². The summed E-state index contributed by atoms with van der Waals surface area (Å²) in [7, 11) is 0. The van der Waals surface area contributed by atoms with E-state index in [4.69, 9.17) is 0 Å². The molecule has 62 valence electrons. The van der Waals surface area contributed by atoms with Gasteiger partial charge in [0.2, 0.25) is 0 Å². The maximum Gasteiger partial charge on any atom is 0.113 e. The van der Waals surface area contributed by atoms with Crippen LogP contribution in [0.25, 0.3) is 0 Å². The molecule has 1 rings (SSSR count). The average Bonchev–Trinajstić information content (AvgIpc) is 2.05. The van der Waals surface area contributed by atoms with Crippen LogP contribution >= 0.6 is 12.6 Å². The minimum Gasteiger partial charge on any atom is -0.248 e. The minimum absolute atomic E-state index is 0.804. The van der Waals surface area contributed by atoms with Crippen LogP contribution in [0.1, 0.15) is 17.7 Å². The Balaban J connectivity index is 2.71. The first-order valence-electron chi connectivity index (χ1n) is 3.85. The van der Waals surface area contributed by atoms with Gasteiger partial charge in [0.05, 0.1) is 0 Å². The van der Waals surface area contributed by atoms with Crippen LogP contribution in [-0.2, 0) is 0 Å². The molecule has 0 aliphatic carbocycles. The predicted octanol–water partition coefficient (Wildman–Crippen LogP) is 2.06. The lowest BCUT2D eigenvalue weighted by Crippen LogP contribution is -1.82. The molecule has 12 heavy (non-hydrogen) atoms. The van der Waals surface area contributed by atoms with Gasteiger partial charge in [-0.15, -0.1) is 0 Å². The molecule has 0 bridgehead atoms. The number of hydrogen-bond donors (Lipinski definition) is 1. The maximum atomic E-state index is 4.11. The van der Waals surface area contributed by atoms with Crippen molar-refractivity contribution in [3.8, 4) is 11.8 Å². The summed E-state index contributed by atoms with van der Waals surface area (Å²) in [5.41, 5.74) is 2.04. The molecule has 2 heteroatoms. The van der Waals surface area contributed by atoms with E-state index in [0.29, 0.717) is 0 Å². The fourth-order valence-electron chi connectivity index (χ4n) is 0.813. The molecule has 1 aromatic heterocycles. The zero-order valence-electron chi connectivity index (χ0n) is 7.04. The molecule has 0 aromatic carbocycles.